The van der Waals surface area contributed by atoms with Crippen LogP contribution in [-0.4, -0.2) is 53.0 Å². The highest BCUT2D eigenvalue weighted by molar-refractivity contribution is 5.79. The molecule has 1 unspecified atom stereocenters. The lowest BCUT2D eigenvalue weighted by Gasteiger charge is -2.28. The van der Waals surface area contributed by atoms with Gasteiger partial charge in [-0.05, 0) is 42.5 Å². The molecule has 0 saturated carbocycles. The van der Waals surface area contributed by atoms with E-state index in [1.165, 1.54) is 0 Å². The lowest BCUT2D eigenvalue weighted by atomic mass is 9.89. The SMILES string of the molecule is CCNC(=NCC(OC)C(C)(C)C)NCCc1cc(OC)ccc1OC. The molecule has 0 amide bonds. The first kappa shape index (κ1) is 22.1. The Morgan fingerprint density at radius 3 is 2.38 bits per heavy atom. The zero-order valence-electron chi connectivity index (χ0n) is 17.3. The monoisotopic (exact) mass is 365 g/mol. The number of rotatable bonds is 9. The number of benzene rings is 1. The van der Waals surface area contributed by atoms with Gasteiger partial charge >= 0.3 is 0 Å². The maximum atomic E-state index is 5.58. The van der Waals surface area contributed by atoms with E-state index in [0.29, 0.717) is 6.54 Å². The summed E-state index contributed by atoms with van der Waals surface area (Å²) < 4.78 is 16.3. The molecule has 2 N–H and O–H groups in total. The van der Waals surface area contributed by atoms with Crippen molar-refractivity contribution in [3.63, 3.8) is 0 Å². The predicted octanol–water partition coefficient (Wildman–Crippen LogP) is 2.86. The topological polar surface area (TPSA) is 64.1 Å². The van der Waals surface area contributed by atoms with E-state index in [4.69, 9.17) is 14.2 Å². The zero-order valence-corrected chi connectivity index (χ0v) is 17.3. The molecule has 148 valence electrons. The van der Waals surface area contributed by atoms with Crippen LogP contribution in [0.4, 0.5) is 0 Å². The van der Waals surface area contributed by atoms with Gasteiger partial charge in [-0.15, -0.1) is 0 Å². The Labute approximate surface area is 158 Å². The number of nitrogens with one attached hydrogen (secondary N) is 2. The van der Waals surface area contributed by atoms with Crippen LogP contribution < -0.4 is 20.1 Å². The van der Waals surface area contributed by atoms with Crippen LogP contribution in [-0.2, 0) is 11.2 Å². The summed E-state index contributed by atoms with van der Waals surface area (Å²) in [6.45, 7) is 10.7. The molecule has 6 nitrogen and oxygen atoms in total. The van der Waals surface area contributed by atoms with Crippen LogP contribution in [0, 0.1) is 5.41 Å². The molecule has 1 rings (SSSR count). The second-order valence-corrected chi connectivity index (χ2v) is 7.16. The van der Waals surface area contributed by atoms with Gasteiger partial charge in [-0.1, -0.05) is 20.8 Å². The fourth-order valence-electron chi connectivity index (χ4n) is 2.61. The molecule has 26 heavy (non-hydrogen) atoms. The van der Waals surface area contributed by atoms with Gasteiger partial charge in [0, 0.05) is 20.2 Å². The summed E-state index contributed by atoms with van der Waals surface area (Å²) in [5.41, 5.74) is 1.14. The van der Waals surface area contributed by atoms with E-state index in [-0.39, 0.29) is 11.5 Å². The van der Waals surface area contributed by atoms with Crippen molar-refractivity contribution < 1.29 is 14.2 Å². The van der Waals surface area contributed by atoms with E-state index in [9.17, 15) is 0 Å². The average molecular weight is 366 g/mol. The maximum Gasteiger partial charge on any atom is 0.191 e. The molecular formula is C20H35N3O3. The van der Waals surface area contributed by atoms with Crippen molar-refractivity contribution >= 4 is 5.96 Å². The standard InChI is InChI=1S/C20H35N3O3/c1-8-21-19(23-14-18(26-7)20(2,3)4)22-12-11-15-13-16(24-5)9-10-17(15)25-6/h9-10,13,18H,8,11-12,14H2,1-7H3,(H2,21,22,23). The molecule has 0 spiro atoms. The van der Waals surface area contributed by atoms with Crippen molar-refractivity contribution in [3.8, 4) is 11.5 Å². The Balaban J connectivity index is 2.70. The van der Waals surface area contributed by atoms with Crippen molar-refractivity contribution in [3.05, 3.63) is 23.8 Å². The van der Waals surface area contributed by atoms with Crippen LogP contribution in [0.15, 0.2) is 23.2 Å². The summed E-state index contributed by atoms with van der Waals surface area (Å²) in [6, 6.07) is 5.84. The van der Waals surface area contributed by atoms with Gasteiger partial charge in [0.2, 0.25) is 0 Å². The molecule has 0 aliphatic rings. The molecular weight excluding hydrogens is 330 g/mol. The first-order valence-corrected chi connectivity index (χ1v) is 9.11. The minimum Gasteiger partial charge on any atom is -0.497 e. The van der Waals surface area contributed by atoms with Crippen LogP contribution in [0.2, 0.25) is 0 Å². The molecule has 0 saturated heterocycles. The Kier molecular flexibility index (Phi) is 9.27. The molecule has 1 aromatic rings. The summed E-state index contributed by atoms with van der Waals surface area (Å²) in [6.07, 6.45) is 0.869. The number of hydrogen-bond donors (Lipinski definition) is 2. The molecule has 0 radical (unpaired) electrons. The van der Waals surface area contributed by atoms with E-state index < -0.39 is 0 Å². The van der Waals surface area contributed by atoms with Crippen molar-refractivity contribution in [2.75, 3.05) is 41.0 Å². The molecule has 0 fully saturated rings. The Morgan fingerprint density at radius 1 is 1.12 bits per heavy atom. The van der Waals surface area contributed by atoms with Gasteiger partial charge in [-0.3, -0.25) is 4.99 Å². The van der Waals surface area contributed by atoms with Crippen molar-refractivity contribution in [2.45, 2.75) is 40.2 Å². The molecule has 0 bridgehead atoms. The number of hydrogen-bond acceptors (Lipinski definition) is 4. The smallest absolute Gasteiger partial charge is 0.191 e. The number of aliphatic imine (C=N–C) groups is 1. The van der Waals surface area contributed by atoms with Crippen LogP contribution in [0.25, 0.3) is 0 Å². The fraction of sp³-hybridized carbons (Fsp3) is 0.650. The Morgan fingerprint density at radius 2 is 1.85 bits per heavy atom. The molecule has 6 heteroatoms. The lowest BCUT2D eigenvalue weighted by Crippen LogP contribution is -2.40. The number of nitrogens with zero attached hydrogens (tertiary/aromatic N) is 1. The first-order valence-electron chi connectivity index (χ1n) is 9.11. The Hall–Kier alpha value is -1.95. The van der Waals surface area contributed by atoms with E-state index in [0.717, 1.165) is 42.5 Å². The van der Waals surface area contributed by atoms with Gasteiger partial charge in [-0.2, -0.15) is 0 Å². The second kappa shape index (κ2) is 10.9. The molecule has 1 aromatic carbocycles. The van der Waals surface area contributed by atoms with Crippen LogP contribution in [0.3, 0.4) is 0 Å². The van der Waals surface area contributed by atoms with E-state index in [2.05, 4.69) is 43.3 Å². The molecule has 0 aliphatic carbocycles. The van der Waals surface area contributed by atoms with E-state index >= 15 is 0 Å². The first-order chi connectivity index (χ1) is 12.3. The van der Waals surface area contributed by atoms with Gasteiger partial charge in [0.05, 0.1) is 26.9 Å². The minimum absolute atomic E-state index is 0.0452. The van der Waals surface area contributed by atoms with E-state index in [1.807, 2.05) is 18.2 Å². The van der Waals surface area contributed by atoms with Crippen LogP contribution in [0.5, 0.6) is 11.5 Å². The molecule has 0 heterocycles. The number of methoxy groups -OCH3 is 3. The highest BCUT2D eigenvalue weighted by atomic mass is 16.5. The van der Waals surface area contributed by atoms with Crippen molar-refractivity contribution in [2.24, 2.45) is 10.4 Å². The van der Waals surface area contributed by atoms with Gasteiger partial charge < -0.3 is 24.8 Å². The maximum absolute atomic E-state index is 5.58. The Bertz CT molecular complexity index is 568. The number of guanidine groups is 1. The zero-order chi connectivity index (χ0) is 19.6. The van der Waals surface area contributed by atoms with Crippen LogP contribution >= 0.6 is 0 Å². The summed E-state index contributed by atoms with van der Waals surface area (Å²) in [5, 5.41) is 6.65. The largest absolute Gasteiger partial charge is 0.497 e. The van der Waals surface area contributed by atoms with Gasteiger partial charge in [-0.25, -0.2) is 0 Å². The van der Waals surface area contributed by atoms with Crippen molar-refractivity contribution in [1.29, 1.82) is 0 Å². The molecule has 0 aromatic heterocycles. The normalized spacial score (nSPS) is 13.3. The predicted molar refractivity (Wildman–Crippen MR) is 107 cm³/mol. The highest BCUT2D eigenvalue weighted by Gasteiger charge is 2.24. The van der Waals surface area contributed by atoms with Gasteiger partial charge in [0.1, 0.15) is 11.5 Å². The summed E-state index contributed by atoms with van der Waals surface area (Å²) >= 11 is 0. The molecule has 0 aliphatic heterocycles. The summed E-state index contributed by atoms with van der Waals surface area (Å²) in [4.78, 5) is 4.67. The third-order valence-corrected chi connectivity index (χ3v) is 4.18. The fourth-order valence-corrected chi connectivity index (χ4v) is 2.61. The lowest BCUT2D eigenvalue weighted by molar-refractivity contribution is 0.0241. The van der Waals surface area contributed by atoms with Gasteiger partial charge in [0.15, 0.2) is 5.96 Å². The summed E-state index contributed by atoms with van der Waals surface area (Å²) in [7, 11) is 5.09. The quantitative estimate of drug-likeness (QED) is 0.520. The van der Waals surface area contributed by atoms with Gasteiger partial charge in [0.25, 0.3) is 0 Å². The third-order valence-electron chi connectivity index (χ3n) is 4.18. The second-order valence-electron chi connectivity index (χ2n) is 7.16. The van der Waals surface area contributed by atoms with Crippen LogP contribution in [0.1, 0.15) is 33.3 Å². The van der Waals surface area contributed by atoms with E-state index in [1.54, 1.807) is 21.3 Å². The third kappa shape index (κ3) is 7.12. The highest BCUT2D eigenvalue weighted by Crippen LogP contribution is 2.24. The minimum atomic E-state index is 0.0452. The average Bonchev–Trinajstić information content (AvgIpc) is 2.60. The molecule has 1 atom stereocenters. The number of ether oxygens (including phenoxy) is 3. The summed E-state index contributed by atoms with van der Waals surface area (Å²) in [5.74, 6) is 2.48. The van der Waals surface area contributed by atoms with Crippen molar-refractivity contribution in [1.82, 2.24) is 10.6 Å².